The van der Waals surface area contributed by atoms with Gasteiger partial charge in [0, 0.05) is 38.8 Å². The van der Waals surface area contributed by atoms with Crippen molar-refractivity contribution in [3.05, 3.63) is 71.8 Å². The molecule has 4 rings (SSSR count). The van der Waals surface area contributed by atoms with Gasteiger partial charge < -0.3 is 5.11 Å². The molecule has 4 nitrogen and oxygen atoms in total. The van der Waals surface area contributed by atoms with Crippen LogP contribution >= 0.6 is 12.4 Å². The van der Waals surface area contributed by atoms with Gasteiger partial charge in [-0.15, -0.1) is 12.4 Å². The Bertz CT molecular complexity index is 768. The maximum absolute atomic E-state index is 12.2. The molecule has 0 spiro atoms. The fraction of sp³-hybridized carbons (Fsp3) is 0.458. The first-order chi connectivity index (χ1) is 13.7. The SMILES string of the molecule is Cl.O=C(O)[C@]1(c2ccccc2)CC[C@@H](N2CCN(Cc3ccccc3)CC2)CC1. The molecule has 1 N–H and O–H groups in total. The minimum Gasteiger partial charge on any atom is -0.481 e. The summed E-state index contributed by atoms with van der Waals surface area (Å²) in [7, 11) is 0. The van der Waals surface area contributed by atoms with E-state index in [0.717, 1.165) is 64.0 Å². The lowest BCUT2D eigenvalue weighted by Crippen LogP contribution is -2.52. The Morgan fingerprint density at radius 1 is 0.897 bits per heavy atom. The maximum atomic E-state index is 12.2. The van der Waals surface area contributed by atoms with Crippen LogP contribution < -0.4 is 0 Å². The van der Waals surface area contributed by atoms with Gasteiger partial charge in [-0.05, 0) is 36.8 Å². The Morgan fingerprint density at radius 2 is 1.45 bits per heavy atom. The van der Waals surface area contributed by atoms with Gasteiger partial charge >= 0.3 is 5.97 Å². The third kappa shape index (κ3) is 4.82. The van der Waals surface area contributed by atoms with E-state index in [9.17, 15) is 9.90 Å². The zero-order valence-corrected chi connectivity index (χ0v) is 17.7. The summed E-state index contributed by atoms with van der Waals surface area (Å²) in [5.41, 5.74) is 1.64. The fourth-order valence-electron chi connectivity index (χ4n) is 4.97. The Morgan fingerprint density at radius 3 is 2.00 bits per heavy atom. The summed E-state index contributed by atoms with van der Waals surface area (Å²) in [5, 5.41) is 9.99. The second-order valence-corrected chi connectivity index (χ2v) is 8.28. The van der Waals surface area contributed by atoms with E-state index in [1.807, 2.05) is 30.3 Å². The Labute approximate surface area is 179 Å². The highest BCUT2D eigenvalue weighted by molar-refractivity contribution is 5.85. The molecule has 5 heteroatoms. The number of carbonyl (C=O) groups is 1. The van der Waals surface area contributed by atoms with E-state index in [-0.39, 0.29) is 12.4 Å². The minimum absolute atomic E-state index is 0. The standard InChI is InChI=1S/C24H30N2O2.ClH/c27-23(28)24(21-9-5-2-6-10-21)13-11-22(12-14-24)26-17-15-25(16-18-26)19-20-7-3-1-4-8-20;/h1-10,22H,11-19H2,(H,27,28);1H/t22-,24-;. The smallest absolute Gasteiger partial charge is 0.314 e. The highest BCUT2D eigenvalue weighted by atomic mass is 35.5. The van der Waals surface area contributed by atoms with Crippen LogP contribution in [-0.2, 0) is 16.8 Å². The summed E-state index contributed by atoms with van der Waals surface area (Å²) < 4.78 is 0. The number of carboxylic acids is 1. The molecule has 0 atom stereocenters. The molecule has 0 radical (unpaired) electrons. The lowest BCUT2D eigenvalue weighted by molar-refractivity contribution is -0.146. The molecule has 29 heavy (non-hydrogen) atoms. The lowest BCUT2D eigenvalue weighted by Gasteiger charge is -2.44. The summed E-state index contributed by atoms with van der Waals surface area (Å²) in [5.74, 6) is -0.662. The summed E-state index contributed by atoms with van der Waals surface area (Å²) in [6.45, 7) is 5.38. The van der Waals surface area contributed by atoms with E-state index in [1.54, 1.807) is 0 Å². The predicted octanol–water partition coefficient (Wildman–Crippen LogP) is 4.19. The minimum atomic E-state index is -0.701. The first-order valence-electron chi connectivity index (χ1n) is 10.5. The second-order valence-electron chi connectivity index (χ2n) is 8.28. The van der Waals surface area contributed by atoms with Crippen molar-refractivity contribution in [2.45, 2.75) is 43.7 Å². The van der Waals surface area contributed by atoms with Gasteiger partial charge in [-0.3, -0.25) is 14.6 Å². The summed E-state index contributed by atoms with van der Waals surface area (Å²) >= 11 is 0. The van der Waals surface area contributed by atoms with Gasteiger partial charge in [0.2, 0.25) is 0 Å². The number of piperazine rings is 1. The number of aliphatic carboxylic acids is 1. The number of hydrogen-bond donors (Lipinski definition) is 1. The molecular weight excluding hydrogens is 384 g/mol. The van der Waals surface area contributed by atoms with Crippen LogP contribution in [0.4, 0.5) is 0 Å². The van der Waals surface area contributed by atoms with Crippen LogP contribution in [0.15, 0.2) is 60.7 Å². The van der Waals surface area contributed by atoms with E-state index in [2.05, 4.69) is 40.1 Å². The molecule has 1 aliphatic heterocycles. The second kappa shape index (κ2) is 9.75. The molecule has 1 saturated carbocycles. The summed E-state index contributed by atoms with van der Waals surface area (Å²) in [6, 6.07) is 21.0. The summed E-state index contributed by atoms with van der Waals surface area (Å²) in [6.07, 6.45) is 3.42. The highest BCUT2D eigenvalue weighted by Gasteiger charge is 2.44. The van der Waals surface area contributed by atoms with Crippen LogP contribution in [0.25, 0.3) is 0 Å². The van der Waals surface area contributed by atoms with Crippen LogP contribution in [0.5, 0.6) is 0 Å². The Hall–Kier alpha value is -1.88. The molecule has 0 aromatic heterocycles. The maximum Gasteiger partial charge on any atom is 0.314 e. The van der Waals surface area contributed by atoms with Crippen molar-refractivity contribution in [1.29, 1.82) is 0 Å². The zero-order valence-electron chi connectivity index (χ0n) is 16.9. The Kier molecular flexibility index (Phi) is 7.33. The van der Waals surface area contributed by atoms with E-state index < -0.39 is 11.4 Å². The molecule has 156 valence electrons. The largest absolute Gasteiger partial charge is 0.481 e. The molecule has 1 aliphatic carbocycles. The van der Waals surface area contributed by atoms with Crippen LogP contribution in [0, 0.1) is 0 Å². The highest BCUT2D eigenvalue weighted by Crippen LogP contribution is 2.41. The van der Waals surface area contributed by atoms with Crippen molar-refractivity contribution in [3.8, 4) is 0 Å². The predicted molar refractivity (Wildman–Crippen MR) is 119 cm³/mol. The average molecular weight is 415 g/mol. The summed E-state index contributed by atoms with van der Waals surface area (Å²) in [4.78, 5) is 17.3. The molecule has 2 aromatic rings. The first-order valence-corrected chi connectivity index (χ1v) is 10.5. The van der Waals surface area contributed by atoms with Crippen molar-refractivity contribution in [3.63, 3.8) is 0 Å². The monoisotopic (exact) mass is 414 g/mol. The average Bonchev–Trinajstić information content (AvgIpc) is 2.76. The molecule has 2 aromatic carbocycles. The number of carboxylic acid groups (broad SMARTS) is 1. The van der Waals surface area contributed by atoms with Crippen LogP contribution in [0.3, 0.4) is 0 Å². The number of nitrogens with zero attached hydrogens (tertiary/aromatic N) is 2. The van der Waals surface area contributed by atoms with E-state index in [1.165, 1.54) is 5.56 Å². The molecule has 2 fully saturated rings. The van der Waals surface area contributed by atoms with Crippen molar-refractivity contribution < 1.29 is 9.90 Å². The molecule has 1 saturated heterocycles. The Balaban J connectivity index is 0.00000240. The molecule has 2 aliphatic rings. The lowest BCUT2D eigenvalue weighted by atomic mass is 9.68. The first kappa shape index (κ1) is 21.8. The van der Waals surface area contributed by atoms with Gasteiger partial charge in [-0.25, -0.2) is 0 Å². The van der Waals surface area contributed by atoms with E-state index in [4.69, 9.17) is 0 Å². The molecule has 0 bridgehead atoms. The quantitative estimate of drug-likeness (QED) is 0.796. The normalized spacial score (nSPS) is 25.9. The van der Waals surface area contributed by atoms with E-state index in [0.29, 0.717) is 6.04 Å². The van der Waals surface area contributed by atoms with E-state index >= 15 is 0 Å². The molecule has 0 amide bonds. The number of rotatable bonds is 5. The van der Waals surface area contributed by atoms with Crippen LogP contribution in [0.1, 0.15) is 36.8 Å². The number of hydrogen-bond acceptors (Lipinski definition) is 3. The third-order valence-electron chi connectivity index (χ3n) is 6.72. The van der Waals surface area contributed by atoms with Crippen LogP contribution in [-0.4, -0.2) is 53.1 Å². The molecule has 1 heterocycles. The van der Waals surface area contributed by atoms with Crippen molar-refractivity contribution in [2.75, 3.05) is 26.2 Å². The fourth-order valence-corrected chi connectivity index (χ4v) is 4.97. The molecule has 0 unspecified atom stereocenters. The van der Waals surface area contributed by atoms with Crippen molar-refractivity contribution in [2.24, 2.45) is 0 Å². The zero-order chi connectivity index (χ0) is 19.4. The van der Waals surface area contributed by atoms with Gasteiger partial charge in [0.05, 0.1) is 5.41 Å². The van der Waals surface area contributed by atoms with Gasteiger partial charge in [0.15, 0.2) is 0 Å². The number of benzene rings is 2. The van der Waals surface area contributed by atoms with Crippen LogP contribution in [0.2, 0.25) is 0 Å². The van der Waals surface area contributed by atoms with Gasteiger partial charge in [0.25, 0.3) is 0 Å². The molecular formula is C24H31ClN2O2. The number of halogens is 1. The van der Waals surface area contributed by atoms with Gasteiger partial charge in [-0.2, -0.15) is 0 Å². The third-order valence-corrected chi connectivity index (χ3v) is 6.72. The van der Waals surface area contributed by atoms with Crippen molar-refractivity contribution in [1.82, 2.24) is 9.80 Å². The topological polar surface area (TPSA) is 43.8 Å². The van der Waals surface area contributed by atoms with Crippen molar-refractivity contribution >= 4 is 18.4 Å². The van der Waals surface area contributed by atoms with Gasteiger partial charge in [-0.1, -0.05) is 60.7 Å². The van der Waals surface area contributed by atoms with Gasteiger partial charge in [0.1, 0.15) is 0 Å².